The van der Waals surface area contributed by atoms with E-state index in [1.54, 1.807) is 0 Å². The molecule has 1 N–H and O–H groups in total. The molecule has 1 aliphatic rings. The lowest BCUT2D eigenvalue weighted by Gasteiger charge is -2.31. The van der Waals surface area contributed by atoms with Gasteiger partial charge in [-0.15, -0.1) is 5.10 Å². The molecule has 3 heterocycles. The first kappa shape index (κ1) is 27.1. The lowest BCUT2D eigenvalue weighted by Crippen LogP contribution is -2.37. The third-order valence-electron chi connectivity index (χ3n) is 8.11. The Bertz CT molecular complexity index is 1660. The predicted octanol–water partition coefficient (Wildman–Crippen LogP) is 5.14. The molecule has 0 aliphatic carbocycles. The Morgan fingerprint density at radius 2 is 1.73 bits per heavy atom. The van der Waals surface area contributed by atoms with Crippen LogP contribution in [0, 0.1) is 13.8 Å². The monoisotopic (exact) mass is 548 g/mol. The van der Waals surface area contributed by atoms with Crippen molar-refractivity contribution >= 4 is 10.9 Å². The van der Waals surface area contributed by atoms with Gasteiger partial charge in [0.2, 0.25) is 0 Å². The molecule has 0 radical (unpaired) electrons. The average molecular weight is 549 g/mol. The zero-order chi connectivity index (χ0) is 28.2. The van der Waals surface area contributed by atoms with E-state index in [9.17, 15) is 4.79 Å². The smallest absolute Gasteiger partial charge is 0.253 e. The number of tetrazole rings is 1. The molecule has 3 aromatic carbocycles. The normalized spacial score (nSPS) is 16.0. The molecule has 210 valence electrons. The summed E-state index contributed by atoms with van der Waals surface area (Å²) in [5.41, 5.74) is 6.06. The van der Waals surface area contributed by atoms with Gasteiger partial charge in [0.05, 0.1) is 12.6 Å². The number of H-pyrrole nitrogens is 1. The third-order valence-corrected chi connectivity index (χ3v) is 8.11. The molecule has 0 spiro atoms. The van der Waals surface area contributed by atoms with Crippen molar-refractivity contribution in [1.82, 2.24) is 30.1 Å². The van der Waals surface area contributed by atoms with Crippen LogP contribution >= 0.6 is 0 Å². The molecule has 41 heavy (non-hydrogen) atoms. The van der Waals surface area contributed by atoms with E-state index in [4.69, 9.17) is 4.74 Å². The van der Waals surface area contributed by atoms with Gasteiger partial charge >= 0.3 is 0 Å². The van der Waals surface area contributed by atoms with Crippen molar-refractivity contribution in [3.63, 3.8) is 0 Å². The molecule has 6 rings (SSSR count). The fraction of sp³-hybridized carbons (Fsp3) is 0.333. The van der Waals surface area contributed by atoms with E-state index in [-0.39, 0.29) is 11.7 Å². The summed E-state index contributed by atoms with van der Waals surface area (Å²) in [6.45, 7) is 6.82. The molecule has 8 heteroatoms. The maximum Gasteiger partial charge on any atom is 0.253 e. The average Bonchev–Trinajstić information content (AvgIpc) is 3.67. The van der Waals surface area contributed by atoms with Crippen molar-refractivity contribution in [2.45, 2.75) is 58.3 Å². The topological polar surface area (TPSA) is 88.9 Å². The molecular weight excluding hydrogens is 512 g/mol. The van der Waals surface area contributed by atoms with Gasteiger partial charge in [-0.25, -0.2) is 4.68 Å². The van der Waals surface area contributed by atoms with Crippen molar-refractivity contribution in [3.05, 3.63) is 123 Å². The summed E-state index contributed by atoms with van der Waals surface area (Å²) in [5, 5.41) is 14.0. The molecule has 2 aromatic heterocycles. The summed E-state index contributed by atoms with van der Waals surface area (Å²) in [4.78, 5) is 19.4. The third kappa shape index (κ3) is 6.14. The standard InChI is InChI=1S/C33H36N6O2/c1-23-18-27-20-29(33(40)34-30(27)19-24(23)2)31(32-35-36-37-39(32)22-28-14-9-17-41-28)38(21-26-12-7-4-8-13-26)16-15-25-10-5-3-6-11-25/h3-8,10-13,18-20,28,31H,9,14-17,21-22H2,1-2H3,(H,34,40)/t28-,31-/m0/s1. The van der Waals surface area contributed by atoms with Crippen molar-refractivity contribution in [2.75, 3.05) is 13.2 Å². The van der Waals surface area contributed by atoms with Gasteiger partial charge in [0, 0.05) is 30.8 Å². The first-order valence-electron chi connectivity index (χ1n) is 14.4. The number of fused-ring (bicyclic) bond motifs is 1. The van der Waals surface area contributed by atoms with Crippen LogP contribution in [0.5, 0.6) is 0 Å². The molecule has 0 amide bonds. The van der Waals surface area contributed by atoms with Crippen LogP contribution in [0.25, 0.3) is 10.9 Å². The molecule has 5 aromatic rings. The van der Waals surface area contributed by atoms with E-state index in [0.29, 0.717) is 31.0 Å². The van der Waals surface area contributed by atoms with Gasteiger partial charge in [0.25, 0.3) is 5.56 Å². The number of benzene rings is 3. The Morgan fingerprint density at radius 3 is 2.46 bits per heavy atom. The molecule has 8 nitrogen and oxygen atoms in total. The summed E-state index contributed by atoms with van der Waals surface area (Å²) < 4.78 is 7.77. The highest BCUT2D eigenvalue weighted by Gasteiger charge is 2.32. The minimum atomic E-state index is -0.468. The van der Waals surface area contributed by atoms with Crippen LogP contribution in [-0.4, -0.2) is 49.3 Å². The Hall–Kier alpha value is -4.14. The number of hydrogen-bond acceptors (Lipinski definition) is 6. The Kier molecular flexibility index (Phi) is 8.02. The van der Waals surface area contributed by atoms with E-state index < -0.39 is 6.04 Å². The summed E-state index contributed by atoms with van der Waals surface area (Å²) in [7, 11) is 0. The zero-order valence-corrected chi connectivity index (χ0v) is 23.7. The highest BCUT2D eigenvalue weighted by Crippen LogP contribution is 2.30. The Balaban J connectivity index is 1.48. The number of nitrogens with one attached hydrogen (secondary N) is 1. The maximum absolute atomic E-state index is 13.9. The quantitative estimate of drug-likeness (QED) is 0.260. The minimum absolute atomic E-state index is 0.0605. The fourth-order valence-electron chi connectivity index (χ4n) is 5.75. The van der Waals surface area contributed by atoms with Gasteiger partial charge in [-0.2, -0.15) is 0 Å². The van der Waals surface area contributed by atoms with Gasteiger partial charge in [-0.1, -0.05) is 60.7 Å². The largest absolute Gasteiger partial charge is 0.376 e. The van der Waals surface area contributed by atoms with Crippen molar-refractivity contribution in [2.24, 2.45) is 0 Å². The SMILES string of the molecule is Cc1cc2cc([C@@H](c3nnnn3C[C@@H]3CCCO3)N(CCc3ccccc3)Cc3ccccc3)c(=O)[nH]c2cc1C. The van der Waals surface area contributed by atoms with Crippen molar-refractivity contribution in [3.8, 4) is 0 Å². The van der Waals surface area contributed by atoms with E-state index in [1.165, 1.54) is 11.1 Å². The molecule has 1 saturated heterocycles. The van der Waals surface area contributed by atoms with Gasteiger partial charge in [0.1, 0.15) is 6.04 Å². The van der Waals surface area contributed by atoms with Gasteiger partial charge in [-0.05, 0) is 89.4 Å². The fourth-order valence-corrected chi connectivity index (χ4v) is 5.75. The molecule has 0 unspecified atom stereocenters. The molecular formula is C33H36N6O2. The van der Waals surface area contributed by atoms with Crippen molar-refractivity contribution < 1.29 is 4.74 Å². The van der Waals surface area contributed by atoms with E-state index in [1.807, 2.05) is 28.9 Å². The van der Waals surface area contributed by atoms with Gasteiger partial charge < -0.3 is 9.72 Å². The van der Waals surface area contributed by atoms with Gasteiger partial charge in [-0.3, -0.25) is 9.69 Å². The van der Waals surface area contributed by atoms with E-state index in [2.05, 4.69) is 93.9 Å². The highest BCUT2D eigenvalue weighted by molar-refractivity contribution is 5.81. The Morgan fingerprint density at radius 1 is 1.00 bits per heavy atom. The molecule has 1 fully saturated rings. The minimum Gasteiger partial charge on any atom is -0.376 e. The lowest BCUT2D eigenvalue weighted by atomic mass is 9.99. The molecule has 0 saturated carbocycles. The number of hydrogen-bond donors (Lipinski definition) is 1. The van der Waals surface area contributed by atoms with Crippen molar-refractivity contribution in [1.29, 1.82) is 0 Å². The van der Waals surface area contributed by atoms with Gasteiger partial charge in [0.15, 0.2) is 5.82 Å². The number of ether oxygens (including phenoxy) is 1. The van der Waals surface area contributed by atoms with Crippen LogP contribution in [0.2, 0.25) is 0 Å². The number of pyridine rings is 1. The first-order chi connectivity index (χ1) is 20.0. The summed E-state index contributed by atoms with van der Waals surface area (Å²) in [6, 6.07) is 26.6. The summed E-state index contributed by atoms with van der Waals surface area (Å²) >= 11 is 0. The molecule has 2 atom stereocenters. The lowest BCUT2D eigenvalue weighted by molar-refractivity contribution is 0.0906. The summed E-state index contributed by atoms with van der Waals surface area (Å²) in [6.07, 6.45) is 2.89. The second-order valence-corrected chi connectivity index (χ2v) is 11.0. The number of aryl methyl sites for hydroxylation is 2. The van der Waals surface area contributed by atoms with Crippen LogP contribution in [0.4, 0.5) is 0 Å². The first-order valence-corrected chi connectivity index (χ1v) is 14.4. The van der Waals surface area contributed by atoms with Crippen LogP contribution in [0.15, 0.2) is 83.7 Å². The number of rotatable bonds is 10. The maximum atomic E-state index is 13.9. The van der Waals surface area contributed by atoms with E-state index >= 15 is 0 Å². The second-order valence-electron chi connectivity index (χ2n) is 11.0. The number of aromatic nitrogens is 5. The van der Waals surface area contributed by atoms with E-state index in [0.717, 1.165) is 47.9 Å². The summed E-state index contributed by atoms with van der Waals surface area (Å²) in [5.74, 6) is 0.651. The van der Waals surface area contributed by atoms with Crippen LogP contribution in [0.1, 0.15) is 52.5 Å². The number of nitrogens with zero attached hydrogens (tertiary/aromatic N) is 5. The van der Waals surface area contributed by atoms with Crippen LogP contribution < -0.4 is 5.56 Å². The molecule has 0 bridgehead atoms. The Labute approximate surface area is 240 Å². The van der Waals surface area contributed by atoms with Crippen LogP contribution in [-0.2, 0) is 24.2 Å². The number of aromatic amines is 1. The highest BCUT2D eigenvalue weighted by atomic mass is 16.5. The molecule has 1 aliphatic heterocycles. The zero-order valence-electron chi connectivity index (χ0n) is 23.7. The van der Waals surface area contributed by atoms with Crippen LogP contribution in [0.3, 0.4) is 0 Å². The predicted molar refractivity (Wildman–Crippen MR) is 160 cm³/mol. The second kappa shape index (κ2) is 12.2.